The summed E-state index contributed by atoms with van der Waals surface area (Å²) >= 11 is 0. The highest BCUT2D eigenvalue weighted by Crippen LogP contribution is 2.29. The number of nitro groups is 1. The molecule has 33 heavy (non-hydrogen) atoms. The molecule has 1 aromatic heterocycles. The lowest BCUT2D eigenvalue weighted by Gasteiger charge is -2.15. The second kappa shape index (κ2) is 10.4. The summed E-state index contributed by atoms with van der Waals surface area (Å²) in [4.78, 5) is 34.9. The zero-order chi connectivity index (χ0) is 24.0. The zero-order valence-corrected chi connectivity index (χ0v) is 18.2. The molecule has 1 amide bonds. The number of carbonyl (C=O) groups is 2. The molecule has 0 aliphatic carbocycles. The second-order valence-electron chi connectivity index (χ2n) is 7.13. The molecule has 0 aliphatic rings. The average Bonchev–Trinajstić information content (AvgIpc) is 3.27. The van der Waals surface area contributed by atoms with E-state index in [4.69, 9.17) is 13.9 Å². The van der Waals surface area contributed by atoms with Crippen LogP contribution in [-0.4, -0.2) is 40.2 Å². The van der Waals surface area contributed by atoms with E-state index < -0.39 is 22.9 Å². The summed E-state index contributed by atoms with van der Waals surface area (Å²) in [5.74, 6) is -0.466. The van der Waals surface area contributed by atoms with Gasteiger partial charge in [0.05, 0.1) is 24.1 Å². The number of hydrogen-bond acceptors (Lipinski definition) is 9. The van der Waals surface area contributed by atoms with E-state index in [-0.39, 0.29) is 35.9 Å². The van der Waals surface area contributed by atoms with Crippen molar-refractivity contribution >= 4 is 23.3 Å². The summed E-state index contributed by atoms with van der Waals surface area (Å²) in [6.45, 7) is 3.36. The number of anilines is 1. The van der Waals surface area contributed by atoms with Crippen molar-refractivity contribution in [2.24, 2.45) is 0 Å². The summed E-state index contributed by atoms with van der Waals surface area (Å²) < 4.78 is 15.8. The number of esters is 1. The fraction of sp³-hybridized carbons (Fsp3) is 0.273. The topological polar surface area (TPSA) is 147 Å². The van der Waals surface area contributed by atoms with Gasteiger partial charge in [-0.15, -0.1) is 10.2 Å². The number of amides is 1. The predicted octanol–water partition coefficient (Wildman–Crippen LogP) is 3.46. The van der Waals surface area contributed by atoms with Crippen molar-refractivity contribution in [2.75, 3.05) is 12.4 Å². The van der Waals surface area contributed by atoms with E-state index in [2.05, 4.69) is 15.5 Å². The number of non-ortho nitro benzene ring substituents is 1. The lowest BCUT2D eigenvalue weighted by Crippen LogP contribution is -2.30. The number of aromatic nitrogens is 2. The lowest BCUT2D eigenvalue weighted by molar-refractivity contribution is -0.384. The molecule has 11 heteroatoms. The molecule has 1 N–H and O–H groups in total. The van der Waals surface area contributed by atoms with E-state index in [0.717, 1.165) is 17.2 Å². The number of carbonyl (C=O) groups excluding carboxylic acids is 2. The van der Waals surface area contributed by atoms with Gasteiger partial charge >= 0.3 is 5.97 Å². The van der Waals surface area contributed by atoms with Crippen molar-refractivity contribution in [1.29, 1.82) is 0 Å². The Labute approximate surface area is 188 Å². The molecule has 0 radical (unpaired) electrons. The number of benzene rings is 2. The Morgan fingerprint density at radius 1 is 1.18 bits per heavy atom. The van der Waals surface area contributed by atoms with Gasteiger partial charge in [0.25, 0.3) is 11.6 Å². The van der Waals surface area contributed by atoms with Crippen LogP contribution in [0.5, 0.6) is 5.75 Å². The molecular formula is C22H22N4O7. The van der Waals surface area contributed by atoms with Gasteiger partial charge in [-0.3, -0.25) is 19.7 Å². The summed E-state index contributed by atoms with van der Waals surface area (Å²) in [5.41, 5.74) is 1.74. The first-order valence-electron chi connectivity index (χ1n) is 9.99. The minimum atomic E-state index is -1.15. The van der Waals surface area contributed by atoms with Gasteiger partial charge in [-0.2, -0.15) is 0 Å². The Morgan fingerprint density at radius 2 is 1.91 bits per heavy atom. The van der Waals surface area contributed by atoms with E-state index in [1.165, 1.54) is 26.2 Å². The third-order valence-electron chi connectivity index (χ3n) is 4.64. The Bertz CT molecular complexity index is 1160. The fourth-order valence-corrected chi connectivity index (χ4v) is 2.83. The monoisotopic (exact) mass is 454 g/mol. The number of ether oxygens (including phenoxy) is 2. The quantitative estimate of drug-likeness (QED) is 0.291. The smallest absolute Gasteiger partial charge is 0.307 e. The molecule has 0 spiro atoms. The normalized spacial score (nSPS) is 11.5. The average molecular weight is 454 g/mol. The highest BCUT2D eigenvalue weighted by Gasteiger charge is 2.21. The molecular weight excluding hydrogens is 432 g/mol. The van der Waals surface area contributed by atoms with Crippen LogP contribution in [0.3, 0.4) is 0 Å². The van der Waals surface area contributed by atoms with Gasteiger partial charge in [0, 0.05) is 24.1 Å². The molecule has 1 unspecified atom stereocenters. The van der Waals surface area contributed by atoms with Crippen LogP contribution in [0.25, 0.3) is 11.5 Å². The first-order chi connectivity index (χ1) is 15.8. The van der Waals surface area contributed by atoms with Crippen molar-refractivity contribution in [3.8, 4) is 17.2 Å². The van der Waals surface area contributed by atoms with Gasteiger partial charge in [-0.05, 0) is 32.0 Å². The number of nitrogens with one attached hydrogen (secondary N) is 1. The summed E-state index contributed by atoms with van der Waals surface area (Å²) in [6, 6.07) is 11.3. The van der Waals surface area contributed by atoms with Crippen molar-refractivity contribution in [2.45, 2.75) is 32.8 Å². The molecule has 3 rings (SSSR count). The Hall–Kier alpha value is -4.28. The molecule has 0 fully saturated rings. The van der Waals surface area contributed by atoms with Crippen LogP contribution >= 0.6 is 0 Å². The van der Waals surface area contributed by atoms with E-state index in [1.807, 2.05) is 31.2 Å². The molecule has 2 aromatic carbocycles. The predicted molar refractivity (Wildman–Crippen MR) is 117 cm³/mol. The van der Waals surface area contributed by atoms with Crippen molar-refractivity contribution < 1.29 is 28.4 Å². The zero-order valence-electron chi connectivity index (χ0n) is 18.2. The van der Waals surface area contributed by atoms with Gasteiger partial charge in [0.1, 0.15) is 5.75 Å². The minimum absolute atomic E-state index is 0.0761. The molecule has 0 saturated heterocycles. The molecule has 11 nitrogen and oxygen atoms in total. The van der Waals surface area contributed by atoms with Gasteiger partial charge < -0.3 is 19.2 Å². The SMILES string of the molecule is COc1ccc([N+](=O)[O-])cc1NC(=O)C(C)OC(=O)CCc1nnc(-c2ccc(C)cc2)o1. The first-order valence-corrected chi connectivity index (χ1v) is 9.99. The summed E-state index contributed by atoms with van der Waals surface area (Å²) in [6.07, 6.45) is -1.08. The van der Waals surface area contributed by atoms with Gasteiger partial charge in [0.15, 0.2) is 6.10 Å². The van der Waals surface area contributed by atoms with Crippen LogP contribution < -0.4 is 10.1 Å². The Balaban J connectivity index is 1.53. The van der Waals surface area contributed by atoms with Crippen LogP contribution in [0.2, 0.25) is 0 Å². The number of aryl methyl sites for hydroxylation is 2. The number of rotatable bonds is 9. The Morgan fingerprint density at radius 3 is 2.58 bits per heavy atom. The molecule has 0 bridgehead atoms. The van der Waals surface area contributed by atoms with Gasteiger partial charge in [-0.25, -0.2) is 0 Å². The third-order valence-corrected chi connectivity index (χ3v) is 4.64. The summed E-state index contributed by atoms with van der Waals surface area (Å²) in [5, 5.41) is 21.3. The standard InChI is InChI=1S/C22H22N4O7/c1-13-4-6-15(7-5-13)22-25-24-19(33-22)10-11-20(27)32-14(2)21(28)23-17-12-16(26(29)30)8-9-18(17)31-3/h4-9,12,14H,10-11H2,1-3H3,(H,23,28). The maximum Gasteiger partial charge on any atom is 0.307 e. The van der Waals surface area contributed by atoms with Gasteiger partial charge in [0.2, 0.25) is 11.8 Å². The summed E-state index contributed by atoms with van der Waals surface area (Å²) in [7, 11) is 1.36. The van der Waals surface area contributed by atoms with Gasteiger partial charge in [-0.1, -0.05) is 17.7 Å². The number of nitro benzene ring substituents is 1. The highest BCUT2D eigenvalue weighted by molar-refractivity contribution is 5.96. The maximum atomic E-state index is 12.4. The number of nitrogens with zero attached hydrogens (tertiary/aromatic N) is 3. The molecule has 1 heterocycles. The van der Waals surface area contributed by atoms with E-state index in [0.29, 0.717) is 5.89 Å². The van der Waals surface area contributed by atoms with Crippen LogP contribution in [0.15, 0.2) is 46.9 Å². The minimum Gasteiger partial charge on any atom is -0.495 e. The highest BCUT2D eigenvalue weighted by atomic mass is 16.6. The van der Waals surface area contributed by atoms with Crippen molar-refractivity contribution in [3.63, 3.8) is 0 Å². The molecule has 0 aliphatic heterocycles. The van der Waals surface area contributed by atoms with Crippen molar-refractivity contribution in [1.82, 2.24) is 10.2 Å². The number of hydrogen-bond donors (Lipinski definition) is 1. The largest absolute Gasteiger partial charge is 0.495 e. The van der Waals surface area contributed by atoms with Crippen LogP contribution in [0.1, 0.15) is 24.8 Å². The first kappa shape index (κ1) is 23.4. The molecule has 3 aromatic rings. The Kier molecular flexibility index (Phi) is 7.34. The lowest BCUT2D eigenvalue weighted by atomic mass is 10.1. The van der Waals surface area contributed by atoms with Crippen LogP contribution in [-0.2, 0) is 20.7 Å². The second-order valence-corrected chi connectivity index (χ2v) is 7.13. The molecule has 172 valence electrons. The maximum absolute atomic E-state index is 12.4. The third kappa shape index (κ3) is 6.12. The fourth-order valence-electron chi connectivity index (χ4n) is 2.83. The van der Waals surface area contributed by atoms with E-state index in [9.17, 15) is 19.7 Å². The van der Waals surface area contributed by atoms with Crippen LogP contribution in [0.4, 0.5) is 11.4 Å². The number of methoxy groups -OCH3 is 1. The van der Waals surface area contributed by atoms with E-state index in [1.54, 1.807) is 0 Å². The van der Waals surface area contributed by atoms with Crippen LogP contribution in [0, 0.1) is 17.0 Å². The molecule has 0 saturated carbocycles. The van der Waals surface area contributed by atoms with Crippen molar-refractivity contribution in [3.05, 3.63) is 64.0 Å². The molecule has 1 atom stereocenters. The van der Waals surface area contributed by atoms with E-state index >= 15 is 0 Å².